The number of aliphatic imine (C=N–C) groups is 1. The predicted molar refractivity (Wildman–Crippen MR) is 137 cm³/mol. The Morgan fingerprint density at radius 1 is 1.19 bits per heavy atom. The van der Waals surface area contributed by atoms with Gasteiger partial charge in [0.15, 0.2) is 5.96 Å². The quantitative estimate of drug-likeness (QED) is 0.167. The minimum atomic E-state index is 0. The summed E-state index contributed by atoms with van der Waals surface area (Å²) in [6.07, 6.45) is 1.62. The maximum Gasteiger partial charge on any atom is 0.191 e. The summed E-state index contributed by atoms with van der Waals surface area (Å²) in [4.78, 5) is 9.30. The number of para-hydroxylation sites is 2. The van der Waals surface area contributed by atoms with Crippen molar-refractivity contribution in [2.45, 2.75) is 33.2 Å². The first-order chi connectivity index (χ1) is 14.6. The Kier molecular flexibility index (Phi) is 9.90. The van der Waals surface area contributed by atoms with E-state index in [9.17, 15) is 5.11 Å². The lowest BCUT2D eigenvalue weighted by Crippen LogP contribution is -2.38. The molecule has 0 amide bonds. The third-order valence-electron chi connectivity index (χ3n) is 4.98. The van der Waals surface area contributed by atoms with E-state index >= 15 is 0 Å². The van der Waals surface area contributed by atoms with Crippen LogP contribution in [-0.4, -0.2) is 47.4 Å². The Morgan fingerprint density at radius 2 is 2.00 bits per heavy atom. The van der Waals surface area contributed by atoms with Gasteiger partial charge in [0.2, 0.25) is 0 Å². The summed E-state index contributed by atoms with van der Waals surface area (Å²) < 4.78 is 7.37. The SMILES string of the molecule is CCNC(=NCCCn1c(C)nc2ccccc21)NCCc1ccc(OC)cc1O.I. The fourth-order valence-corrected chi connectivity index (χ4v) is 3.44. The number of fused-ring (bicyclic) bond motifs is 1. The molecule has 0 atom stereocenters. The van der Waals surface area contributed by atoms with Gasteiger partial charge < -0.3 is 25.0 Å². The molecule has 1 heterocycles. The van der Waals surface area contributed by atoms with Gasteiger partial charge in [0.25, 0.3) is 0 Å². The number of ether oxygens (including phenoxy) is 1. The smallest absolute Gasteiger partial charge is 0.191 e. The number of rotatable bonds is 9. The fourth-order valence-electron chi connectivity index (χ4n) is 3.44. The molecule has 168 valence electrons. The number of nitrogens with one attached hydrogen (secondary N) is 2. The molecule has 2 aromatic carbocycles. The van der Waals surface area contributed by atoms with Crippen LogP contribution in [0.3, 0.4) is 0 Å². The number of hydrogen-bond donors (Lipinski definition) is 3. The molecular formula is C23H32IN5O2. The molecule has 3 rings (SSSR count). The van der Waals surface area contributed by atoms with E-state index < -0.39 is 0 Å². The van der Waals surface area contributed by atoms with Gasteiger partial charge in [-0.15, -0.1) is 24.0 Å². The van der Waals surface area contributed by atoms with Crippen LogP contribution in [0.4, 0.5) is 0 Å². The van der Waals surface area contributed by atoms with Gasteiger partial charge in [0.1, 0.15) is 17.3 Å². The van der Waals surface area contributed by atoms with Crippen LogP contribution in [0.25, 0.3) is 11.0 Å². The maximum atomic E-state index is 10.1. The number of nitrogens with zero attached hydrogens (tertiary/aromatic N) is 3. The van der Waals surface area contributed by atoms with Gasteiger partial charge in [0, 0.05) is 32.2 Å². The molecule has 0 radical (unpaired) electrons. The molecule has 3 N–H and O–H groups in total. The molecule has 0 spiro atoms. The van der Waals surface area contributed by atoms with Crippen LogP contribution in [0.5, 0.6) is 11.5 Å². The van der Waals surface area contributed by atoms with Crippen LogP contribution in [0.2, 0.25) is 0 Å². The van der Waals surface area contributed by atoms with Crippen molar-refractivity contribution in [2.75, 3.05) is 26.7 Å². The third-order valence-corrected chi connectivity index (χ3v) is 4.98. The largest absolute Gasteiger partial charge is 0.508 e. The fraction of sp³-hybridized carbons (Fsp3) is 0.391. The Hall–Kier alpha value is -2.49. The van der Waals surface area contributed by atoms with E-state index in [1.165, 1.54) is 5.52 Å². The molecule has 3 aromatic rings. The van der Waals surface area contributed by atoms with E-state index in [1.54, 1.807) is 13.2 Å². The first kappa shape index (κ1) is 24.8. The molecule has 1 aromatic heterocycles. The van der Waals surface area contributed by atoms with Gasteiger partial charge in [-0.3, -0.25) is 4.99 Å². The summed E-state index contributed by atoms with van der Waals surface area (Å²) in [6, 6.07) is 13.6. The second-order valence-electron chi connectivity index (χ2n) is 7.08. The second-order valence-corrected chi connectivity index (χ2v) is 7.08. The number of aromatic hydroxyl groups is 1. The number of aromatic nitrogens is 2. The molecular weight excluding hydrogens is 505 g/mol. The lowest BCUT2D eigenvalue weighted by atomic mass is 10.1. The van der Waals surface area contributed by atoms with Gasteiger partial charge in [-0.1, -0.05) is 18.2 Å². The van der Waals surface area contributed by atoms with Crippen molar-refractivity contribution in [3.8, 4) is 11.5 Å². The highest BCUT2D eigenvalue weighted by Crippen LogP contribution is 2.23. The van der Waals surface area contributed by atoms with Gasteiger partial charge in [0.05, 0.1) is 18.1 Å². The summed E-state index contributed by atoms with van der Waals surface area (Å²) in [6.45, 7) is 7.17. The van der Waals surface area contributed by atoms with E-state index in [0.29, 0.717) is 18.7 Å². The van der Waals surface area contributed by atoms with E-state index in [0.717, 1.165) is 48.9 Å². The maximum absolute atomic E-state index is 10.1. The van der Waals surface area contributed by atoms with Crippen molar-refractivity contribution in [2.24, 2.45) is 4.99 Å². The Labute approximate surface area is 201 Å². The minimum Gasteiger partial charge on any atom is -0.508 e. The van der Waals surface area contributed by atoms with E-state index in [4.69, 9.17) is 4.74 Å². The van der Waals surface area contributed by atoms with Crippen LogP contribution < -0.4 is 15.4 Å². The van der Waals surface area contributed by atoms with Crippen molar-refractivity contribution >= 4 is 41.0 Å². The summed E-state index contributed by atoms with van der Waals surface area (Å²) >= 11 is 0. The zero-order valence-electron chi connectivity index (χ0n) is 18.4. The number of phenolic OH excluding ortho intramolecular Hbond substituents is 1. The zero-order chi connectivity index (χ0) is 21.3. The monoisotopic (exact) mass is 537 g/mol. The predicted octanol–water partition coefficient (Wildman–Crippen LogP) is 3.86. The number of aryl methyl sites for hydroxylation is 2. The molecule has 0 bridgehead atoms. The Morgan fingerprint density at radius 3 is 2.74 bits per heavy atom. The summed E-state index contributed by atoms with van der Waals surface area (Å²) in [7, 11) is 1.59. The molecule has 8 heteroatoms. The molecule has 31 heavy (non-hydrogen) atoms. The molecule has 0 saturated carbocycles. The highest BCUT2D eigenvalue weighted by atomic mass is 127. The van der Waals surface area contributed by atoms with Crippen LogP contribution in [-0.2, 0) is 13.0 Å². The molecule has 0 aliphatic rings. The van der Waals surface area contributed by atoms with Crippen LogP contribution in [0.1, 0.15) is 24.7 Å². The van der Waals surface area contributed by atoms with Gasteiger partial charge >= 0.3 is 0 Å². The molecule has 0 unspecified atom stereocenters. The number of benzene rings is 2. The first-order valence-electron chi connectivity index (χ1n) is 10.4. The number of guanidine groups is 1. The van der Waals surface area contributed by atoms with Crippen molar-refractivity contribution in [1.29, 1.82) is 0 Å². The van der Waals surface area contributed by atoms with Crippen LogP contribution in [0, 0.1) is 6.92 Å². The number of phenols is 1. The van der Waals surface area contributed by atoms with Crippen LogP contribution in [0.15, 0.2) is 47.5 Å². The van der Waals surface area contributed by atoms with E-state index in [1.807, 2.05) is 44.2 Å². The summed E-state index contributed by atoms with van der Waals surface area (Å²) in [5.74, 6) is 2.73. The van der Waals surface area contributed by atoms with E-state index in [2.05, 4.69) is 31.2 Å². The topological polar surface area (TPSA) is 83.7 Å². The molecule has 0 saturated heterocycles. The Bertz CT molecular complexity index is 1000. The van der Waals surface area contributed by atoms with Gasteiger partial charge in [-0.2, -0.15) is 0 Å². The van der Waals surface area contributed by atoms with Crippen molar-refractivity contribution in [1.82, 2.24) is 20.2 Å². The molecule has 0 aliphatic carbocycles. The van der Waals surface area contributed by atoms with Crippen molar-refractivity contribution < 1.29 is 9.84 Å². The molecule has 0 aliphatic heterocycles. The zero-order valence-corrected chi connectivity index (χ0v) is 20.7. The number of halogens is 1. The average Bonchev–Trinajstić information content (AvgIpc) is 3.07. The number of imidazole rings is 1. The van der Waals surface area contributed by atoms with Crippen molar-refractivity contribution in [3.05, 3.63) is 53.9 Å². The summed E-state index contributed by atoms with van der Waals surface area (Å²) in [5.41, 5.74) is 3.08. The normalized spacial score (nSPS) is 11.3. The highest BCUT2D eigenvalue weighted by Gasteiger charge is 2.06. The van der Waals surface area contributed by atoms with Gasteiger partial charge in [-0.05, 0) is 50.5 Å². The van der Waals surface area contributed by atoms with E-state index in [-0.39, 0.29) is 29.7 Å². The lowest BCUT2D eigenvalue weighted by Gasteiger charge is -2.12. The van der Waals surface area contributed by atoms with Crippen LogP contribution >= 0.6 is 24.0 Å². The first-order valence-corrected chi connectivity index (χ1v) is 10.4. The molecule has 0 fully saturated rings. The second kappa shape index (κ2) is 12.4. The molecule has 7 nitrogen and oxygen atoms in total. The number of methoxy groups -OCH3 is 1. The minimum absolute atomic E-state index is 0. The van der Waals surface area contributed by atoms with Crippen molar-refractivity contribution in [3.63, 3.8) is 0 Å². The lowest BCUT2D eigenvalue weighted by molar-refractivity contribution is 0.406. The third kappa shape index (κ3) is 6.75. The standard InChI is InChI=1S/C23H31N5O2.HI/c1-4-24-23(26-14-12-18-10-11-19(30-3)16-22(18)29)25-13-7-15-28-17(2)27-20-8-5-6-9-21(20)28;/h5-6,8-11,16,29H,4,7,12-15H2,1-3H3,(H2,24,25,26);1H. The highest BCUT2D eigenvalue weighted by molar-refractivity contribution is 14.0. The average molecular weight is 537 g/mol. The Balaban J connectivity index is 0.00000341. The number of hydrogen-bond acceptors (Lipinski definition) is 4. The van der Waals surface area contributed by atoms with Gasteiger partial charge in [-0.25, -0.2) is 4.98 Å². The summed E-state index contributed by atoms with van der Waals surface area (Å²) in [5, 5.41) is 16.7.